The van der Waals surface area contributed by atoms with Crippen LogP contribution < -0.4 is 10.6 Å². The Morgan fingerprint density at radius 1 is 1.53 bits per heavy atom. The van der Waals surface area contributed by atoms with Gasteiger partial charge < -0.3 is 10.6 Å². The highest BCUT2D eigenvalue weighted by Crippen LogP contribution is 2.36. The fraction of sp³-hybridized carbons (Fsp3) is 0.615. The Labute approximate surface area is 108 Å². The summed E-state index contributed by atoms with van der Waals surface area (Å²) in [5.74, 6) is 0.909. The predicted octanol–water partition coefficient (Wildman–Crippen LogP) is 2.96. The molecule has 0 aromatic carbocycles. The number of pyridine rings is 1. The maximum absolute atomic E-state index is 6.39. The Kier molecular flexibility index (Phi) is 3.89. The molecule has 1 saturated heterocycles. The number of hydrogen-bond acceptors (Lipinski definition) is 3. The molecule has 2 atom stereocenters. The molecule has 2 N–H and O–H groups in total. The third kappa shape index (κ3) is 2.26. The van der Waals surface area contributed by atoms with E-state index in [0.29, 0.717) is 18.6 Å². The van der Waals surface area contributed by atoms with Crippen molar-refractivity contribution in [1.82, 2.24) is 4.98 Å². The summed E-state index contributed by atoms with van der Waals surface area (Å²) in [7, 11) is 0. The van der Waals surface area contributed by atoms with Crippen LogP contribution in [-0.2, 0) is 6.54 Å². The van der Waals surface area contributed by atoms with Crippen molar-refractivity contribution in [3.05, 3.63) is 22.8 Å². The summed E-state index contributed by atoms with van der Waals surface area (Å²) in [6.07, 6.45) is 5.38. The van der Waals surface area contributed by atoms with Crippen molar-refractivity contribution >= 4 is 17.4 Å². The maximum atomic E-state index is 6.39. The van der Waals surface area contributed by atoms with Crippen LogP contribution in [0.4, 0.5) is 5.82 Å². The number of halogens is 1. The standard InChI is InChI=1S/C13H20ClN3/c1-3-11-5-4-9(2)17(11)13-12(14)10(8-15)6-7-16-13/h6-7,9,11H,3-5,8,15H2,1-2H3. The van der Waals surface area contributed by atoms with Gasteiger partial charge in [0.1, 0.15) is 5.82 Å². The summed E-state index contributed by atoms with van der Waals surface area (Å²) in [6, 6.07) is 2.97. The van der Waals surface area contributed by atoms with Gasteiger partial charge >= 0.3 is 0 Å². The smallest absolute Gasteiger partial charge is 0.148 e. The van der Waals surface area contributed by atoms with Crippen LogP contribution in [0, 0.1) is 0 Å². The highest BCUT2D eigenvalue weighted by Gasteiger charge is 2.31. The van der Waals surface area contributed by atoms with Gasteiger partial charge in [-0.2, -0.15) is 0 Å². The lowest BCUT2D eigenvalue weighted by Gasteiger charge is -2.30. The molecule has 1 fully saturated rings. The molecule has 0 bridgehead atoms. The summed E-state index contributed by atoms with van der Waals surface area (Å²) in [5.41, 5.74) is 6.67. The minimum absolute atomic E-state index is 0.466. The molecule has 2 heterocycles. The first-order valence-electron chi connectivity index (χ1n) is 6.30. The molecular weight excluding hydrogens is 234 g/mol. The number of nitrogens with two attached hydrogens (primary N) is 1. The van der Waals surface area contributed by atoms with E-state index in [0.717, 1.165) is 22.8 Å². The molecular formula is C13H20ClN3. The number of aromatic nitrogens is 1. The van der Waals surface area contributed by atoms with Crippen LogP contribution in [0.3, 0.4) is 0 Å². The largest absolute Gasteiger partial charge is 0.350 e. The maximum Gasteiger partial charge on any atom is 0.148 e. The molecule has 1 aliphatic rings. The van der Waals surface area contributed by atoms with Crippen molar-refractivity contribution in [2.45, 2.75) is 51.7 Å². The van der Waals surface area contributed by atoms with Gasteiger partial charge in [-0.05, 0) is 37.8 Å². The van der Waals surface area contributed by atoms with Crippen LogP contribution in [0.5, 0.6) is 0 Å². The van der Waals surface area contributed by atoms with Crippen LogP contribution in [0.15, 0.2) is 12.3 Å². The topological polar surface area (TPSA) is 42.2 Å². The van der Waals surface area contributed by atoms with E-state index in [4.69, 9.17) is 17.3 Å². The SMILES string of the molecule is CCC1CCC(C)N1c1nccc(CN)c1Cl. The van der Waals surface area contributed by atoms with Gasteiger partial charge in [-0.15, -0.1) is 0 Å². The average molecular weight is 254 g/mol. The van der Waals surface area contributed by atoms with Gasteiger partial charge in [0.15, 0.2) is 0 Å². The van der Waals surface area contributed by atoms with Crippen molar-refractivity contribution < 1.29 is 0 Å². The zero-order chi connectivity index (χ0) is 12.4. The fourth-order valence-electron chi connectivity index (χ4n) is 2.66. The fourth-order valence-corrected chi connectivity index (χ4v) is 2.95. The third-order valence-electron chi connectivity index (χ3n) is 3.67. The lowest BCUT2D eigenvalue weighted by Crippen LogP contribution is -2.35. The van der Waals surface area contributed by atoms with Gasteiger partial charge in [0.2, 0.25) is 0 Å². The van der Waals surface area contributed by atoms with E-state index in [9.17, 15) is 0 Å². The summed E-state index contributed by atoms with van der Waals surface area (Å²) in [4.78, 5) is 6.82. The molecule has 3 nitrogen and oxygen atoms in total. The van der Waals surface area contributed by atoms with Crippen LogP contribution >= 0.6 is 11.6 Å². The minimum Gasteiger partial charge on any atom is -0.350 e. The first-order valence-corrected chi connectivity index (χ1v) is 6.68. The normalized spacial score (nSPS) is 24.4. The summed E-state index contributed by atoms with van der Waals surface area (Å²) in [5, 5.41) is 0.724. The van der Waals surface area contributed by atoms with E-state index in [1.807, 2.05) is 6.07 Å². The molecule has 0 aliphatic carbocycles. The second-order valence-electron chi connectivity index (χ2n) is 4.71. The van der Waals surface area contributed by atoms with Gasteiger partial charge in [-0.1, -0.05) is 18.5 Å². The number of hydrogen-bond donors (Lipinski definition) is 1. The van der Waals surface area contributed by atoms with E-state index in [1.54, 1.807) is 6.20 Å². The Morgan fingerprint density at radius 2 is 2.29 bits per heavy atom. The van der Waals surface area contributed by atoms with Crippen molar-refractivity contribution in [3.8, 4) is 0 Å². The molecule has 2 unspecified atom stereocenters. The van der Waals surface area contributed by atoms with Crippen LogP contribution in [-0.4, -0.2) is 17.1 Å². The van der Waals surface area contributed by atoms with E-state index in [1.165, 1.54) is 12.8 Å². The molecule has 17 heavy (non-hydrogen) atoms. The van der Waals surface area contributed by atoms with E-state index in [2.05, 4.69) is 23.7 Å². The first-order chi connectivity index (χ1) is 8.19. The van der Waals surface area contributed by atoms with Gasteiger partial charge in [0.05, 0.1) is 5.02 Å². The molecule has 0 amide bonds. The van der Waals surface area contributed by atoms with E-state index >= 15 is 0 Å². The van der Waals surface area contributed by atoms with Crippen molar-refractivity contribution in [3.63, 3.8) is 0 Å². The van der Waals surface area contributed by atoms with Crippen molar-refractivity contribution in [2.24, 2.45) is 5.73 Å². The van der Waals surface area contributed by atoms with Crippen LogP contribution in [0.1, 0.15) is 38.7 Å². The van der Waals surface area contributed by atoms with Gasteiger partial charge in [0.25, 0.3) is 0 Å². The average Bonchev–Trinajstić information content (AvgIpc) is 2.71. The molecule has 1 aliphatic heterocycles. The monoisotopic (exact) mass is 253 g/mol. The summed E-state index contributed by atoms with van der Waals surface area (Å²) < 4.78 is 0. The quantitative estimate of drug-likeness (QED) is 0.901. The molecule has 0 radical (unpaired) electrons. The number of anilines is 1. The Morgan fingerprint density at radius 3 is 2.94 bits per heavy atom. The van der Waals surface area contributed by atoms with Gasteiger partial charge in [-0.25, -0.2) is 4.98 Å². The second kappa shape index (κ2) is 5.23. The highest BCUT2D eigenvalue weighted by molar-refractivity contribution is 6.33. The Bertz CT molecular complexity index is 394. The molecule has 94 valence electrons. The van der Waals surface area contributed by atoms with E-state index < -0.39 is 0 Å². The molecule has 1 aromatic rings. The van der Waals surface area contributed by atoms with Crippen molar-refractivity contribution in [2.75, 3.05) is 4.90 Å². The van der Waals surface area contributed by atoms with Gasteiger partial charge in [-0.3, -0.25) is 0 Å². The Balaban J connectivity index is 2.38. The second-order valence-corrected chi connectivity index (χ2v) is 5.09. The molecule has 0 spiro atoms. The molecule has 0 saturated carbocycles. The lowest BCUT2D eigenvalue weighted by molar-refractivity contribution is 0.621. The third-order valence-corrected chi connectivity index (χ3v) is 4.08. The van der Waals surface area contributed by atoms with E-state index in [-0.39, 0.29) is 0 Å². The zero-order valence-corrected chi connectivity index (χ0v) is 11.2. The van der Waals surface area contributed by atoms with Gasteiger partial charge in [0, 0.05) is 24.8 Å². The predicted molar refractivity (Wildman–Crippen MR) is 72.4 cm³/mol. The molecule has 4 heteroatoms. The number of rotatable bonds is 3. The Hall–Kier alpha value is -0.800. The minimum atomic E-state index is 0.466. The van der Waals surface area contributed by atoms with Crippen LogP contribution in [0.2, 0.25) is 5.02 Å². The highest BCUT2D eigenvalue weighted by atomic mass is 35.5. The summed E-state index contributed by atoms with van der Waals surface area (Å²) >= 11 is 6.39. The molecule has 1 aromatic heterocycles. The van der Waals surface area contributed by atoms with Crippen LogP contribution in [0.25, 0.3) is 0 Å². The lowest BCUT2D eigenvalue weighted by atomic mass is 10.1. The van der Waals surface area contributed by atoms with Crippen molar-refractivity contribution in [1.29, 1.82) is 0 Å². The molecule has 2 rings (SSSR count). The number of nitrogens with zero attached hydrogens (tertiary/aromatic N) is 2. The summed E-state index contributed by atoms with van der Waals surface area (Å²) in [6.45, 7) is 4.92. The first kappa shape index (κ1) is 12.7. The zero-order valence-electron chi connectivity index (χ0n) is 10.5.